The fourth-order valence-corrected chi connectivity index (χ4v) is 2.59. The lowest BCUT2D eigenvalue weighted by molar-refractivity contribution is 0.0595. The Kier molecular flexibility index (Phi) is 5.36. The van der Waals surface area contributed by atoms with Crippen LogP contribution in [0.5, 0.6) is 5.75 Å². The van der Waals surface area contributed by atoms with Gasteiger partial charge >= 0.3 is 5.97 Å². The number of esters is 1. The predicted octanol–water partition coefficient (Wildman–Crippen LogP) is 4.70. The first-order valence-corrected chi connectivity index (χ1v) is 8.17. The molecule has 0 spiro atoms. The third kappa shape index (κ3) is 3.93. The number of rotatable bonds is 5. The molecular formula is C23H18O3. The lowest BCUT2D eigenvalue weighted by Gasteiger charge is -2.13. The zero-order chi connectivity index (χ0) is 18.4. The second-order valence-electron chi connectivity index (χ2n) is 5.70. The molecule has 3 rings (SSSR count). The fourth-order valence-electron chi connectivity index (χ4n) is 2.59. The van der Waals surface area contributed by atoms with Crippen LogP contribution in [0.15, 0.2) is 72.8 Å². The van der Waals surface area contributed by atoms with E-state index >= 15 is 0 Å². The molecule has 26 heavy (non-hydrogen) atoms. The van der Waals surface area contributed by atoms with Crippen molar-refractivity contribution in [2.75, 3.05) is 7.11 Å². The van der Waals surface area contributed by atoms with Crippen LogP contribution in [0.1, 0.15) is 21.5 Å². The van der Waals surface area contributed by atoms with Crippen LogP contribution in [0.25, 0.3) is 11.1 Å². The number of hydrogen-bond donors (Lipinski definition) is 0. The highest BCUT2D eigenvalue weighted by Crippen LogP contribution is 2.29. The molecule has 0 aliphatic rings. The summed E-state index contributed by atoms with van der Waals surface area (Å²) in [5.74, 6) is 2.66. The van der Waals surface area contributed by atoms with E-state index in [0.717, 1.165) is 22.3 Å². The molecule has 0 atom stereocenters. The lowest BCUT2D eigenvalue weighted by atomic mass is 10.0. The molecule has 0 saturated carbocycles. The predicted molar refractivity (Wildman–Crippen MR) is 102 cm³/mol. The SMILES string of the molecule is C#Cc1ccc(-c2ccc(C(=O)OC)c(OCc3ccccc3)c2)cc1. The molecule has 0 amide bonds. The van der Waals surface area contributed by atoms with Gasteiger partial charge in [-0.1, -0.05) is 54.5 Å². The smallest absolute Gasteiger partial charge is 0.341 e. The van der Waals surface area contributed by atoms with Crippen LogP contribution in [-0.2, 0) is 11.3 Å². The van der Waals surface area contributed by atoms with E-state index in [1.807, 2.05) is 66.7 Å². The summed E-state index contributed by atoms with van der Waals surface area (Å²) in [5, 5.41) is 0. The maximum absolute atomic E-state index is 12.1. The van der Waals surface area contributed by atoms with E-state index in [-0.39, 0.29) is 0 Å². The van der Waals surface area contributed by atoms with Crippen molar-refractivity contribution in [1.29, 1.82) is 0 Å². The normalized spacial score (nSPS) is 10.0. The molecule has 0 aliphatic carbocycles. The second-order valence-corrected chi connectivity index (χ2v) is 5.70. The second kappa shape index (κ2) is 8.04. The summed E-state index contributed by atoms with van der Waals surface area (Å²) in [6, 6.07) is 22.9. The number of ether oxygens (including phenoxy) is 2. The molecule has 0 aliphatic heterocycles. The zero-order valence-corrected chi connectivity index (χ0v) is 14.4. The van der Waals surface area contributed by atoms with Crippen LogP contribution in [0.4, 0.5) is 0 Å². The highest BCUT2D eigenvalue weighted by atomic mass is 16.5. The van der Waals surface area contributed by atoms with Crippen molar-refractivity contribution in [3.8, 4) is 29.2 Å². The molecular weight excluding hydrogens is 324 g/mol. The summed E-state index contributed by atoms with van der Waals surface area (Å²) in [5.41, 5.74) is 4.16. The Hall–Kier alpha value is -3.51. The molecule has 3 aromatic carbocycles. The van der Waals surface area contributed by atoms with Crippen molar-refractivity contribution in [3.63, 3.8) is 0 Å². The number of hydrogen-bond acceptors (Lipinski definition) is 3. The van der Waals surface area contributed by atoms with Crippen molar-refractivity contribution in [2.24, 2.45) is 0 Å². The van der Waals surface area contributed by atoms with Gasteiger partial charge in [0.25, 0.3) is 0 Å². The summed E-state index contributed by atoms with van der Waals surface area (Å²) in [4.78, 5) is 12.1. The van der Waals surface area contributed by atoms with Crippen molar-refractivity contribution in [3.05, 3.63) is 89.5 Å². The fraction of sp³-hybridized carbons (Fsp3) is 0.0870. The van der Waals surface area contributed by atoms with Crippen molar-refractivity contribution in [1.82, 2.24) is 0 Å². The summed E-state index contributed by atoms with van der Waals surface area (Å²) < 4.78 is 10.8. The number of carbonyl (C=O) groups is 1. The minimum atomic E-state index is -0.428. The quantitative estimate of drug-likeness (QED) is 0.498. The Bertz CT molecular complexity index is 935. The van der Waals surface area contributed by atoms with E-state index < -0.39 is 5.97 Å². The molecule has 0 radical (unpaired) electrons. The monoisotopic (exact) mass is 342 g/mol. The van der Waals surface area contributed by atoms with Crippen LogP contribution >= 0.6 is 0 Å². The minimum Gasteiger partial charge on any atom is -0.488 e. The molecule has 128 valence electrons. The van der Waals surface area contributed by atoms with Crippen LogP contribution in [0.3, 0.4) is 0 Å². The first-order valence-electron chi connectivity index (χ1n) is 8.17. The van der Waals surface area contributed by atoms with Crippen LogP contribution in [0, 0.1) is 12.3 Å². The average Bonchev–Trinajstić information content (AvgIpc) is 2.72. The van der Waals surface area contributed by atoms with Crippen LogP contribution in [0.2, 0.25) is 0 Å². The van der Waals surface area contributed by atoms with Gasteiger partial charge in [0, 0.05) is 5.56 Å². The van der Waals surface area contributed by atoms with Gasteiger partial charge in [-0.15, -0.1) is 6.42 Å². The molecule has 3 heteroatoms. The summed E-state index contributed by atoms with van der Waals surface area (Å²) in [6.45, 7) is 0.365. The van der Waals surface area contributed by atoms with Gasteiger partial charge in [-0.05, 0) is 41.0 Å². The largest absolute Gasteiger partial charge is 0.488 e. The molecule has 0 fully saturated rings. The zero-order valence-electron chi connectivity index (χ0n) is 14.4. The summed E-state index contributed by atoms with van der Waals surface area (Å²) >= 11 is 0. The molecule has 0 unspecified atom stereocenters. The maximum Gasteiger partial charge on any atom is 0.341 e. The molecule has 0 aromatic heterocycles. The number of carbonyl (C=O) groups excluding carboxylic acids is 1. The highest BCUT2D eigenvalue weighted by molar-refractivity contribution is 5.93. The Morgan fingerprint density at radius 1 is 0.962 bits per heavy atom. The standard InChI is InChI=1S/C23H18O3/c1-3-17-9-11-19(12-10-17)20-13-14-21(23(24)25-2)22(15-20)26-16-18-7-5-4-6-8-18/h1,4-15H,16H2,2H3. The lowest BCUT2D eigenvalue weighted by Crippen LogP contribution is -2.06. The van der Waals surface area contributed by atoms with Gasteiger partial charge in [-0.25, -0.2) is 4.79 Å². The van der Waals surface area contributed by atoms with E-state index in [1.54, 1.807) is 6.07 Å². The maximum atomic E-state index is 12.1. The Morgan fingerprint density at radius 3 is 2.31 bits per heavy atom. The van der Waals surface area contributed by atoms with Gasteiger partial charge in [0.2, 0.25) is 0 Å². The van der Waals surface area contributed by atoms with E-state index in [9.17, 15) is 4.79 Å². The minimum absolute atomic E-state index is 0.365. The molecule has 0 bridgehead atoms. The van der Waals surface area contributed by atoms with Crippen molar-refractivity contribution < 1.29 is 14.3 Å². The summed E-state index contributed by atoms with van der Waals surface area (Å²) in [6.07, 6.45) is 5.40. The van der Waals surface area contributed by atoms with Gasteiger partial charge in [-0.3, -0.25) is 0 Å². The topological polar surface area (TPSA) is 35.5 Å². The highest BCUT2D eigenvalue weighted by Gasteiger charge is 2.14. The molecule has 3 aromatic rings. The van der Waals surface area contributed by atoms with Crippen LogP contribution in [-0.4, -0.2) is 13.1 Å². The van der Waals surface area contributed by atoms with E-state index in [4.69, 9.17) is 15.9 Å². The van der Waals surface area contributed by atoms with Crippen LogP contribution < -0.4 is 4.74 Å². The number of methoxy groups -OCH3 is 1. The first kappa shape index (κ1) is 17.3. The Balaban J connectivity index is 1.92. The number of terminal acetylenes is 1. The van der Waals surface area contributed by atoms with Gasteiger partial charge in [0.1, 0.15) is 17.9 Å². The molecule has 0 heterocycles. The van der Waals surface area contributed by atoms with Gasteiger partial charge < -0.3 is 9.47 Å². The molecule has 3 nitrogen and oxygen atoms in total. The van der Waals surface area contributed by atoms with Gasteiger partial charge in [0.05, 0.1) is 7.11 Å². The summed E-state index contributed by atoms with van der Waals surface area (Å²) in [7, 11) is 1.36. The third-order valence-electron chi connectivity index (χ3n) is 4.01. The molecule has 0 saturated heterocycles. The van der Waals surface area contributed by atoms with E-state index in [2.05, 4.69) is 5.92 Å². The Labute approximate surface area is 153 Å². The molecule has 0 N–H and O–H groups in total. The van der Waals surface area contributed by atoms with Crippen molar-refractivity contribution >= 4 is 5.97 Å². The van der Waals surface area contributed by atoms with Gasteiger partial charge in [0.15, 0.2) is 0 Å². The van der Waals surface area contributed by atoms with E-state index in [0.29, 0.717) is 17.9 Å². The first-order chi connectivity index (χ1) is 12.7. The van der Waals surface area contributed by atoms with Gasteiger partial charge in [-0.2, -0.15) is 0 Å². The van der Waals surface area contributed by atoms with E-state index in [1.165, 1.54) is 7.11 Å². The Morgan fingerprint density at radius 2 is 1.65 bits per heavy atom. The average molecular weight is 342 g/mol. The number of benzene rings is 3. The third-order valence-corrected chi connectivity index (χ3v) is 4.01. The van der Waals surface area contributed by atoms with Crippen molar-refractivity contribution in [2.45, 2.75) is 6.61 Å².